The molecule has 1 amide bonds. The number of aromatic nitrogens is 1. The maximum atomic E-state index is 13.4. The number of ether oxygens (including phenoxy) is 1. The highest BCUT2D eigenvalue weighted by Gasteiger charge is 2.29. The number of carbonyl (C=O) groups is 3. The number of aryl methyl sites for hydroxylation is 1. The van der Waals surface area contributed by atoms with Crippen LogP contribution in [-0.4, -0.2) is 29.3 Å². The number of esters is 1. The van der Waals surface area contributed by atoms with Gasteiger partial charge in [-0.2, -0.15) is 0 Å². The van der Waals surface area contributed by atoms with Crippen molar-refractivity contribution in [2.45, 2.75) is 13.8 Å². The molecule has 0 radical (unpaired) electrons. The molecule has 0 saturated carbocycles. The lowest BCUT2D eigenvalue weighted by Crippen LogP contribution is -2.24. The first-order valence-electron chi connectivity index (χ1n) is 9.08. The fourth-order valence-electron chi connectivity index (χ4n) is 3.03. The van der Waals surface area contributed by atoms with Crippen LogP contribution in [0, 0.1) is 18.6 Å². The fourth-order valence-corrected chi connectivity index (χ4v) is 3.03. The van der Waals surface area contributed by atoms with E-state index >= 15 is 0 Å². The molecular weight excluding hydrogens is 394 g/mol. The third kappa shape index (κ3) is 4.27. The van der Waals surface area contributed by atoms with Gasteiger partial charge in [0.15, 0.2) is 0 Å². The number of benzene rings is 2. The van der Waals surface area contributed by atoms with Crippen LogP contribution in [0.25, 0.3) is 11.1 Å². The molecule has 0 saturated heterocycles. The van der Waals surface area contributed by atoms with Gasteiger partial charge in [0.2, 0.25) is 0 Å². The molecule has 0 aliphatic carbocycles. The van der Waals surface area contributed by atoms with Gasteiger partial charge < -0.3 is 15.0 Å². The van der Waals surface area contributed by atoms with Gasteiger partial charge in [0.05, 0.1) is 12.2 Å². The van der Waals surface area contributed by atoms with Gasteiger partial charge in [0.1, 0.15) is 17.3 Å². The number of anilines is 1. The summed E-state index contributed by atoms with van der Waals surface area (Å²) in [5.74, 6) is -3.76. The molecule has 3 rings (SSSR count). The van der Waals surface area contributed by atoms with Crippen LogP contribution in [0.2, 0.25) is 0 Å². The van der Waals surface area contributed by atoms with Crippen molar-refractivity contribution in [1.29, 1.82) is 0 Å². The highest BCUT2D eigenvalue weighted by molar-refractivity contribution is 6.47. The first-order chi connectivity index (χ1) is 14.3. The number of amides is 1. The number of hydrogen-bond donors (Lipinski definition) is 2. The molecule has 6 nitrogen and oxygen atoms in total. The minimum atomic E-state index is -1.03. The first-order valence-corrected chi connectivity index (χ1v) is 9.08. The zero-order valence-electron chi connectivity index (χ0n) is 16.2. The normalized spacial score (nSPS) is 10.5. The monoisotopic (exact) mass is 412 g/mol. The second-order valence-electron chi connectivity index (χ2n) is 6.40. The molecule has 0 fully saturated rings. The largest absolute Gasteiger partial charge is 0.462 e. The molecule has 1 aromatic heterocycles. The van der Waals surface area contributed by atoms with Gasteiger partial charge in [0, 0.05) is 16.9 Å². The molecular formula is C22H18F2N2O4. The zero-order valence-corrected chi connectivity index (χ0v) is 16.2. The Morgan fingerprint density at radius 3 is 2.37 bits per heavy atom. The molecule has 0 bridgehead atoms. The van der Waals surface area contributed by atoms with E-state index in [2.05, 4.69) is 10.3 Å². The predicted molar refractivity (Wildman–Crippen MR) is 106 cm³/mol. The Balaban J connectivity index is 2.06. The molecule has 3 aromatic rings. The van der Waals surface area contributed by atoms with Gasteiger partial charge in [-0.15, -0.1) is 0 Å². The van der Waals surface area contributed by atoms with Gasteiger partial charge in [-0.25, -0.2) is 13.6 Å². The molecule has 2 N–H and O–H groups in total. The van der Waals surface area contributed by atoms with Crippen molar-refractivity contribution in [1.82, 2.24) is 4.98 Å². The summed E-state index contributed by atoms with van der Waals surface area (Å²) in [5.41, 5.74) is 0.817. The van der Waals surface area contributed by atoms with Crippen molar-refractivity contribution in [3.8, 4) is 11.1 Å². The van der Waals surface area contributed by atoms with Crippen molar-refractivity contribution in [3.05, 3.63) is 77.1 Å². The Labute approximate surface area is 170 Å². The van der Waals surface area contributed by atoms with E-state index < -0.39 is 29.3 Å². The maximum absolute atomic E-state index is 13.4. The van der Waals surface area contributed by atoms with Crippen molar-refractivity contribution in [3.63, 3.8) is 0 Å². The van der Waals surface area contributed by atoms with Crippen LogP contribution in [0.5, 0.6) is 0 Å². The maximum Gasteiger partial charge on any atom is 0.340 e. The van der Waals surface area contributed by atoms with Crippen molar-refractivity contribution in [2.75, 3.05) is 11.9 Å². The van der Waals surface area contributed by atoms with E-state index in [0.717, 1.165) is 6.07 Å². The van der Waals surface area contributed by atoms with Gasteiger partial charge in [-0.05, 0) is 49.7 Å². The molecule has 8 heteroatoms. The lowest BCUT2D eigenvalue weighted by atomic mass is 9.98. The molecule has 154 valence electrons. The smallest absolute Gasteiger partial charge is 0.340 e. The van der Waals surface area contributed by atoms with Crippen LogP contribution in [0.3, 0.4) is 0 Å². The van der Waals surface area contributed by atoms with Crippen LogP contribution >= 0.6 is 0 Å². The number of rotatable bonds is 6. The number of H-pyrrole nitrogens is 1. The molecule has 0 atom stereocenters. The number of nitrogens with one attached hydrogen (secondary N) is 2. The second kappa shape index (κ2) is 8.69. The Morgan fingerprint density at radius 1 is 1.03 bits per heavy atom. The van der Waals surface area contributed by atoms with E-state index in [4.69, 9.17) is 4.74 Å². The molecule has 2 aromatic carbocycles. The van der Waals surface area contributed by atoms with Gasteiger partial charge in [-0.1, -0.05) is 18.2 Å². The number of carbonyl (C=O) groups excluding carboxylic acids is 3. The van der Waals surface area contributed by atoms with Gasteiger partial charge in [0.25, 0.3) is 11.7 Å². The van der Waals surface area contributed by atoms with E-state index in [1.807, 2.05) is 0 Å². The average molecular weight is 412 g/mol. The van der Waals surface area contributed by atoms with E-state index in [-0.39, 0.29) is 29.1 Å². The molecule has 30 heavy (non-hydrogen) atoms. The minimum Gasteiger partial charge on any atom is -0.462 e. The fraction of sp³-hybridized carbons (Fsp3) is 0.136. The highest BCUT2D eigenvalue weighted by atomic mass is 19.1. The zero-order chi connectivity index (χ0) is 21.8. The molecule has 0 spiro atoms. The summed E-state index contributed by atoms with van der Waals surface area (Å²) in [4.78, 5) is 40.6. The SMILES string of the molecule is CCOC(=O)c1c(C)[nH]c(C(=O)C(=O)Nc2cccc(F)c2)c1-c1ccc(F)cc1. The Hall–Kier alpha value is -3.81. The van der Waals surface area contributed by atoms with Crippen LogP contribution in [0.4, 0.5) is 14.5 Å². The number of Topliss-reactive ketones (excluding diaryl/α,β-unsaturated/α-hetero) is 1. The Bertz CT molecular complexity index is 1120. The number of aromatic amines is 1. The summed E-state index contributed by atoms with van der Waals surface area (Å²) in [6.07, 6.45) is 0. The average Bonchev–Trinajstić information content (AvgIpc) is 3.05. The molecule has 0 aliphatic rings. The van der Waals surface area contributed by atoms with Crippen molar-refractivity contribution >= 4 is 23.3 Å². The van der Waals surface area contributed by atoms with Crippen LogP contribution in [0.15, 0.2) is 48.5 Å². The third-order valence-corrected chi connectivity index (χ3v) is 4.32. The molecule has 1 heterocycles. The van der Waals surface area contributed by atoms with E-state index in [9.17, 15) is 23.2 Å². The van der Waals surface area contributed by atoms with Gasteiger partial charge >= 0.3 is 5.97 Å². The van der Waals surface area contributed by atoms with Crippen molar-refractivity contribution in [2.24, 2.45) is 0 Å². The summed E-state index contributed by atoms with van der Waals surface area (Å²) >= 11 is 0. The number of hydrogen-bond acceptors (Lipinski definition) is 4. The van der Waals surface area contributed by atoms with Gasteiger partial charge in [-0.3, -0.25) is 9.59 Å². The van der Waals surface area contributed by atoms with Crippen LogP contribution in [0.1, 0.15) is 33.5 Å². The summed E-state index contributed by atoms with van der Waals surface area (Å²) < 4.78 is 31.8. The van der Waals surface area contributed by atoms with Crippen LogP contribution in [-0.2, 0) is 9.53 Å². The quantitative estimate of drug-likeness (QED) is 0.360. The molecule has 0 unspecified atom stereocenters. The summed E-state index contributed by atoms with van der Waals surface area (Å²) in [6.45, 7) is 3.30. The van der Waals surface area contributed by atoms with E-state index in [0.29, 0.717) is 11.3 Å². The molecule has 0 aliphatic heterocycles. The summed E-state index contributed by atoms with van der Waals surface area (Å²) in [5, 5.41) is 2.33. The van der Waals surface area contributed by atoms with E-state index in [1.54, 1.807) is 13.8 Å². The highest BCUT2D eigenvalue weighted by Crippen LogP contribution is 2.32. The summed E-state index contributed by atoms with van der Waals surface area (Å²) in [7, 11) is 0. The minimum absolute atomic E-state index is 0.0744. The standard InChI is InChI=1S/C22H18F2N2O4/c1-3-30-22(29)17-12(2)25-19(18(17)13-7-9-14(23)10-8-13)20(27)21(28)26-16-6-4-5-15(24)11-16/h4-11,25H,3H2,1-2H3,(H,26,28). The Kier molecular flexibility index (Phi) is 6.06. The lowest BCUT2D eigenvalue weighted by Gasteiger charge is -2.08. The van der Waals surface area contributed by atoms with Crippen LogP contribution < -0.4 is 5.32 Å². The Morgan fingerprint density at radius 2 is 1.73 bits per heavy atom. The van der Waals surface area contributed by atoms with E-state index in [1.165, 1.54) is 42.5 Å². The van der Waals surface area contributed by atoms with Crippen molar-refractivity contribution < 1.29 is 27.9 Å². The number of halogens is 2. The lowest BCUT2D eigenvalue weighted by molar-refractivity contribution is -0.112. The summed E-state index contributed by atoms with van der Waals surface area (Å²) in [6, 6.07) is 10.2. The second-order valence-corrected chi connectivity index (χ2v) is 6.40. The third-order valence-electron chi connectivity index (χ3n) is 4.32. The topological polar surface area (TPSA) is 88.3 Å². The predicted octanol–water partition coefficient (Wildman–Crippen LogP) is 4.27. The first kappa shape index (κ1) is 20.9. The number of ketones is 1.